The van der Waals surface area contributed by atoms with Gasteiger partial charge in [-0.1, -0.05) is 23.7 Å². The van der Waals surface area contributed by atoms with Gasteiger partial charge in [-0.15, -0.1) is 0 Å². The van der Waals surface area contributed by atoms with Crippen LogP contribution in [0.25, 0.3) is 5.69 Å². The third-order valence-electron chi connectivity index (χ3n) is 6.79. The van der Waals surface area contributed by atoms with Gasteiger partial charge in [0.1, 0.15) is 5.82 Å². The monoisotopic (exact) mass is 504 g/mol. The van der Waals surface area contributed by atoms with Crippen LogP contribution in [0.3, 0.4) is 0 Å². The first kappa shape index (κ1) is 23.5. The van der Waals surface area contributed by atoms with Gasteiger partial charge in [0.05, 0.1) is 17.8 Å². The van der Waals surface area contributed by atoms with Gasteiger partial charge in [-0.05, 0) is 105 Å². The summed E-state index contributed by atoms with van der Waals surface area (Å²) in [6.07, 6.45) is 1.79. The summed E-state index contributed by atoms with van der Waals surface area (Å²) in [5.41, 5.74) is 7.68. The van der Waals surface area contributed by atoms with Gasteiger partial charge in [0, 0.05) is 34.0 Å². The lowest BCUT2D eigenvalue weighted by Crippen LogP contribution is -2.29. The number of pyridine rings is 1. The summed E-state index contributed by atoms with van der Waals surface area (Å²) in [4.78, 5) is 6.72. The number of anilines is 1. The molecule has 1 saturated heterocycles. The van der Waals surface area contributed by atoms with E-state index in [1.807, 2.05) is 43.3 Å². The molecule has 35 heavy (non-hydrogen) atoms. The molecule has 0 amide bonds. The van der Waals surface area contributed by atoms with Gasteiger partial charge in [-0.25, -0.2) is 4.39 Å². The molecule has 2 aromatic carbocycles. The number of nitrogens with zero attached hydrogens (tertiary/aromatic N) is 3. The maximum atomic E-state index is 14.1. The van der Waals surface area contributed by atoms with Crippen molar-refractivity contribution in [2.75, 3.05) is 4.90 Å². The second kappa shape index (κ2) is 9.10. The average molecular weight is 505 g/mol. The van der Waals surface area contributed by atoms with Crippen molar-refractivity contribution in [2.24, 2.45) is 0 Å². The first-order valence-corrected chi connectivity index (χ1v) is 12.3. The number of hydrogen-bond acceptors (Lipinski definition) is 2. The second-order valence-corrected chi connectivity index (χ2v) is 9.77. The zero-order chi connectivity index (χ0) is 24.9. The van der Waals surface area contributed by atoms with E-state index in [0.29, 0.717) is 10.7 Å². The molecule has 0 unspecified atom stereocenters. The van der Waals surface area contributed by atoms with Crippen LogP contribution in [0, 0.1) is 33.5 Å². The van der Waals surface area contributed by atoms with E-state index in [-0.39, 0.29) is 17.9 Å². The molecule has 2 aromatic heterocycles. The van der Waals surface area contributed by atoms with Crippen LogP contribution in [0.15, 0.2) is 66.9 Å². The highest BCUT2D eigenvalue weighted by molar-refractivity contribution is 7.80. The topological polar surface area (TPSA) is 33.1 Å². The van der Waals surface area contributed by atoms with Crippen LogP contribution in [0.2, 0.25) is 5.02 Å². The zero-order valence-electron chi connectivity index (χ0n) is 20.0. The molecule has 3 heterocycles. The van der Waals surface area contributed by atoms with Crippen molar-refractivity contribution >= 4 is 34.6 Å². The summed E-state index contributed by atoms with van der Waals surface area (Å²) in [5, 5.41) is 4.80. The lowest BCUT2D eigenvalue weighted by Gasteiger charge is -2.28. The van der Waals surface area contributed by atoms with E-state index < -0.39 is 0 Å². The number of benzene rings is 2. The predicted molar refractivity (Wildman–Crippen MR) is 144 cm³/mol. The van der Waals surface area contributed by atoms with Crippen molar-refractivity contribution in [3.05, 3.63) is 111 Å². The summed E-state index contributed by atoms with van der Waals surface area (Å²) < 4.78 is 16.4. The second-order valence-electron chi connectivity index (χ2n) is 8.98. The molecule has 5 rings (SSSR count). The lowest BCUT2D eigenvalue weighted by molar-refractivity contribution is 0.564. The van der Waals surface area contributed by atoms with Crippen LogP contribution in [-0.2, 0) is 0 Å². The Hall–Kier alpha value is -3.22. The molecule has 0 radical (unpaired) electrons. The van der Waals surface area contributed by atoms with Crippen molar-refractivity contribution in [3.63, 3.8) is 0 Å². The van der Waals surface area contributed by atoms with E-state index in [1.165, 1.54) is 6.07 Å². The third kappa shape index (κ3) is 4.01. The molecule has 1 fully saturated rings. The van der Waals surface area contributed by atoms with Crippen LogP contribution in [0.5, 0.6) is 0 Å². The molecule has 1 aliphatic heterocycles. The quantitative estimate of drug-likeness (QED) is 0.301. The van der Waals surface area contributed by atoms with E-state index >= 15 is 0 Å². The maximum Gasteiger partial charge on any atom is 0.174 e. The Bertz CT molecular complexity index is 1430. The summed E-state index contributed by atoms with van der Waals surface area (Å²) in [7, 11) is 0. The molecule has 0 saturated carbocycles. The standard InChI is InChI=1S/C28H26ClFN4S/c1-16-14-20(11-12-23(16)30)34-27(26(32-28(34)35)24-9-5-6-13-31-24)21-15-17(2)33(19(21)4)25-10-7-8-22(29)18(25)3/h5-15,26-27H,1-4H3,(H,32,35)/t26-,27+/m1/s1. The Morgan fingerprint density at radius 1 is 1.00 bits per heavy atom. The summed E-state index contributed by atoms with van der Waals surface area (Å²) in [6, 6.07) is 18.8. The van der Waals surface area contributed by atoms with E-state index in [0.717, 1.165) is 44.6 Å². The van der Waals surface area contributed by atoms with Crippen molar-refractivity contribution in [3.8, 4) is 5.69 Å². The Labute approximate surface area is 215 Å². The van der Waals surface area contributed by atoms with Crippen LogP contribution >= 0.6 is 23.8 Å². The molecule has 1 N–H and O–H groups in total. The molecule has 4 aromatic rings. The van der Waals surface area contributed by atoms with E-state index in [1.54, 1.807) is 19.2 Å². The molecule has 0 bridgehead atoms. The van der Waals surface area contributed by atoms with Crippen molar-refractivity contribution in [1.29, 1.82) is 0 Å². The Morgan fingerprint density at radius 2 is 1.80 bits per heavy atom. The van der Waals surface area contributed by atoms with E-state index in [9.17, 15) is 4.39 Å². The number of rotatable bonds is 4. The van der Waals surface area contributed by atoms with Gasteiger partial charge < -0.3 is 14.8 Å². The number of nitrogens with one attached hydrogen (secondary N) is 1. The SMILES string of the molecule is Cc1cc(N2C(=S)N[C@H](c3ccccn3)[C@@H]2c2cc(C)n(-c3cccc(Cl)c3C)c2C)ccc1F. The highest BCUT2D eigenvalue weighted by Crippen LogP contribution is 2.44. The van der Waals surface area contributed by atoms with Crippen molar-refractivity contribution < 1.29 is 4.39 Å². The Kier molecular flexibility index (Phi) is 6.11. The fourth-order valence-corrected chi connectivity index (χ4v) is 5.54. The molecule has 2 atom stereocenters. The fraction of sp³-hybridized carbons (Fsp3) is 0.214. The minimum Gasteiger partial charge on any atom is -0.351 e. The molecule has 7 heteroatoms. The highest BCUT2D eigenvalue weighted by Gasteiger charge is 2.42. The first-order chi connectivity index (χ1) is 16.8. The number of hydrogen-bond donors (Lipinski definition) is 1. The smallest absolute Gasteiger partial charge is 0.174 e. The van der Waals surface area contributed by atoms with Gasteiger partial charge in [-0.2, -0.15) is 0 Å². The van der Waals surface area contributed by atoms with Crippen molar-refractivity contribution in [2.45, 2.75) is 39.8 Å². The number of aryl methyl sites for hydroxylation is 2. The summed E-state index contributed by atoms with van der Waals surface area (Å²) >= 11 is 12.3. The predicted octanol–water partition coefficient (Wildman–Crippen LogP) is 7.08. The summed E-state index contributed by atoms with van der Waals surface area (Å²) in [6.45, 7) is 8.02. The Balaban J connectivity index is 1.71. The van der Waals surface area contributed by atoms with Gasteiger partial charge in [0.25, 0.3) is 0 Å². The van der Waals surface area contributed by atoms with Gasteiger partial charge in [-0.3, -0.25) is 4.98 Å². The van der Waals surface area contributed by atoms with Crippen LogP contribution in [0.4, 0.5) is 10.1 Å². The normalized spacial score (nSPS) is 17.7. The molecule has 0 aliphatic carbocycles. The zero-order valence-corrected chi connectivity index (χ0v) is 21.6. The average Bonchev–Trinajstić information content (AvgIpc) is 3.33. The minimum atomic E-state index is -0.237. The van der Waals surface area contributed by atoms with Crippen LogP contribution in [0.1, 0.15) is 45.9 Å². The number of thiocarbonyl (C=S) groups is 1. The Morgan fingerprint density at radius 3 is 2.51 bits per heavy atom. The third-order valence-corrected chi connectivity index (χ3v) is 7.51. The van der Waals surface area contributed by atoms with Gasteiger partial charge >= 0.3 is 0 Å². The van der Waals surface area contributed by atoms with Crippen LogP contribution in [-0.4, -0.2) is 14.7 Å². The van der Waals surface area contributed by atoms with Crippen LogP contribution < -0.4 is 10.2 Å². The van der Waals surface area contributed by atoms with E-state index in [4.69, 9.17) is 23.8 Å². The van der Waals surface area contributed by atoms with E-state index in [2.05, 4.69) is 45.7 Å². The molecule has 4 nitrogen and oxygen atoms in total. The minimum absolute atomic E-state index is 0.177. The molecular formula is C28H26ClFN4S. The fourth-order valence-electron chi connectivity index (χ4n) is 5.02. The largest absolute Gasteiger partial charge is 0.351 e. The molecular weight excluding hydrogens is 479 g/mol. The summed E-state index contributed by atoms with van der Waals surface area (Å²) in [5.74, 6) is -0.237. The van der Waals surface area contributed by atoms with Crippen molar-refractivity contribution in [1.82, 2.24) is 14.9 Å². The molecule has 0 spiro atoms. The molecule has 1 aliphatic rings. The lowest BCUT2D eigenvalue weighted by atomic mass is 9.96. The maximum absolute atomic E-state index is 14.1. The highest BCUT2D eigenvalue weighted by atomic mass is 35.5. The first-order valence-electron chi connectivity index (χ1n) is 11.5. The number of aromatic nitrogens is 2. The number of halogens is 2. The van der Waals surface area contributed by atoms with Gasteiger partial charge in [0.2, 0.25) is 0 Å². The molecule has 178 valence electrons. The van der Waals surface area contributed by atoms with Gasteiger partial charge in [0.15, 0.2) is 5.11 Å².